The largest absolute Gasteiger partial charge is 0.505 e. The molecule has 0 aliphatic carbocycles. The van der Waals surface area contributed by atoms with E-state index in [2.05, 4.69) is 10.2 Å². The number of rotatable bonds is 2. The van der Waals surface area contributed by atoms with Crippen LogP contribution in [-0.4, -0.2) is 14.7 Å². The lowest BCUT2D eigenvalue weighted by Gasteiger charge is -2.11. The van der Waals surface area contributed by atoms with E-state index >= 15 is 0 Å². The summed E-state index contributed by atoms with van der Waals surface area (Å²) in [5, 5.41) is 12.9. The fourth-order valence-electron chi connectivity index (χ4n) is 2.09. The van der Waals surface area contributed by atoms with Crippen molar-refractivity contribution >= 4 is 16.7 Å². The van der Waals surface area contributed by atoms with Crippen molar-refractivity contribution in [1.29, 1.82) is 0 Å². The SMILES string of the molecule is O=Nc1c(O)c2cccnc2n(-c2ccccc2)c1=O. The minimum atomic E-state index is -0.699. The fourth-order valence-corrected chi connectivity index (χ4v) is 2.09. The predicted octanol–water partition coefficient (Wildman–Crippen LogP) is 2.49. The number of aromatic hydroxyl groups is 1. The van der Waals surface area contributed by atoms with E-state index in [-0.39, 0.29) is 5.65 Å². The third-order valence-corrected chi connectivity index (χ3v) is 2.99. The van der Waals surface area contributed by atoms with Gasteiger partial charge in [-0.15, -0.1) is 4.91 Å². The molecule has 2 aromatic heterocycles. The fraction of sp³-hybridized carbons (Fsp3) is 0. The average Bonchev–Trinajstić information content (AvgIpc) is 2.49. The second kappa shape index (κ2) is 4.58. The van der Waals surface area contributed by atoms with Gasteiger partial charge in [-0.1, -0.05) is 18.2 Å². The monoisotopic (exact) mass is 267 g/mol. The van der Waals surface area contributed by atoms with Crippen LogP contribution in [0.4, 0.5) is 5.69 Å². The number of hydrogen-bond donors (Lipinski definition) is 1. The van der Waals surface area contributed by atoms with E-state index in [1.54, 1.807) is 36.4 Å². The summed E-state index contributed by atoms with van der Waals surface area (Å²) in [6.07, 6.45) is 1.51. The van der Waals surface area contributed by atoms with Crippen LogP contribution in [-0.2, 0) is 0 Å². The Morgan fingerprint density at radius 2 is 1.85 bits per heavy atom. The maximum Gasteiger partial charge on any atom is 0.290 e. The summed E-state index contributed by atoms with van der Waals surface area (Å²) in [5.74, 6) is -0.444. The number of benzene rings is 1. The van der Waals surface area contributed by atoms with Crippen molar-refractivity contribution in [2.45, 2.75) is 0 Å². The van der Waals surface area contributed by atoms with Gasteiger partial charge in [0.15, 0.2) is 11.4 Å². The Hall–Kier alpha value is -3.02. The minimum Gasteiger partial charge on any atom is -0.505 e. The third-order valence-electron chi connectivity index (χ3n) is 2.99. The molecule has 0 spiro atoms. The number of hydrogen-bond acceptors (Lipinski definition) is 5. The molecule has 0 radical (unpaired) electrons. The van der Waals surface area contributed by atoms with E-state index in [1.165, 1.54) is 10.8 Å². The Balaban J connectivity index is 2.54. The minimum absolute atomic E-state index is 0.272. The first-order valence-corrected chi connectivity index (χ1v) is 5.85. The summed E-state index contributed by atoms with van der Waals surface area (Å²) in [6, 6.07) is 11.9. The van der Waals surface area contributed by atoms with Gasteiger partial charge in [0, 0.05) is 6.20 Å². The van der Waals surface area contributed by atoms with Crippen molar-refractivity contribution < 1.29 is 5.11 Å². The second-order valence-electron chi connectivity index (χ2n) is 4.14. The Bertz CT molecular complexity index is 857. The molecule has 6 nitrogen and oxygen atoms in total. The molecule has 3 rings (SSSR count). The smallest absolute Gasteiger partial charge is 0.290 e. The molecule has 0 aliphatic rings. The van der Waals surface area contributed by atoms with E-state index in [4.69, 9.17) is 0 Å². The predicted molar refractivity (Wildman–Crippen MR) is 74.5 cm³/mol. The lowest BCUT2D eigenvalue weighted by atomic mass is 10.2. The van der Waals surface area contributed by atoms with Crippen molar-refractivity contribution in [1.82, 2.24) is 9.55 Å². The highest BCUT2D eigenvalue weighted by Gasteiger charge is 2.18. The lowest BCUT2D eigenvalue weighted by Crippen LogP contribution is -2.19. The molecule has 3 aromatic rings. The van der Waals surface area contributed by atoms with Gasteiger partial charge in [0.2, 0.25) is 5.69 Å². The lowest BCUT2D eigenvalue weighted by molar-refractivity contribution is 0.481. The van der Waals surface area contributed by atoms with Crippen LogP contribution in [0, 0.1) is 4.91 Å². The van der Waals surface area contributed by atoms with E-state index < -0.39 is 17.0 Å². The number of para-hydroxylation sites is 1. The third kappa shape index (κ3) is 1.66. The van der Waals surface area contributed by atoms with E-state index in [0.29, 0.717) is 11.1 Å². The molecule has 0 saturated carbocycles. The van der Waals surface area contributed by atoms with Crippen LogP contribution >= 0.6 is 0 Å². The zero-order valence-electron chi connectivity index (χ0n) is 10.2. The zero-order chi connectivity index (χ0) is 14.1. The van der Waals surface area contributed by atoms with Crippen LogP contribution < -0.4 is 5.56 Å². The van der Waals surface area contributed by atoms with Crippen molar-refractivity contribution in [3.8, 4) is 11.4 Å². The summed E-state index contributed by atoms with van der Waals surface area (Å²) < 4.78 is 1.26. The summed E-state index contributed by atoms with van der Waals surface area (Å²) in [7, 11) is 0. The summed E-state index contributed by atoms with van der Waals surface area (Å²) >= 11 is 0. The van der Waals surface area contributed by atoms with E-state index in [9.17, 15) is 14.8 Å². The molecule has 0 saturated heterocycles. The molecule has 1 aromatic carbocycles. The van der Waals surface area contributed by atoms with Crippen LogP contribution in [0.25, 0.3) is 16.7 Å². The summed E-state index contributed by atoms with van der Waals surface area (Å²) in [6.45, 7) is 0. The van der Waals surface area contributed by atoms with Gasteiger partial charge in [-0.05, 0) is 29.4 Å². The standard InChI is InChI=1S/C14H9N3O3/c18-12-10-7-4-8-15-13(10)17(14(19)11(12)16-20)9-5-2-1-3-6-9/h1-8,18H. The summed E-state index contributed by atoms with van der Waals surface area (Å²) in [4.78, 5) is 27.2. The molecule has 0 bridgehead atoms. The Labute approximate surface area is 112 Å². The first-order valence-electron chi connectivity index (χ1n) is 5.85. The molecule has 1 N–H and O–H groups in total. The molecular weight excluding hydrogens is 258 g/mol. The van der Waals surface area contributed by atoms with E-state index in [0.717, 1.165) is 0 Å². The number of aromatic nitrogens is 2. The number of pyridine rings is 2. The molecule has 6 heteroatoms. The van der Waals surface area contributed by atoms with Gasteiger partial charge in [0.25, 0.3) is 5.56 Å². The molecular formula is C14H9N3O3. The van der Waals surface area contributed by atoms with Gasteiger partial charge in [-0.2, -0.15) is 0 Å². The zero-order valence-corrected chi connectivity index (χ0v) is 10.2. The normalized spacial score (nSPS) is 10.6. The highest BCUT2D eigenvalue weighted by molar-refractivity contribution is 5.87. The molecule has 0 fully saturated rings. The van der Waals surface area contributed by atoms with Crippen molar-refractivity contribution in [2.24, 2.45) is 5.18 Å². The van der Waals surface area contributed by atoms with Crippen molar-refractivity contribution in [3.05, 3.63) is 63.9 Å². The van der Waals surface area contributed by atoms with Gasteiger partial charge < -0.3 is 5.11 Å². The van der Waals surface area contributed by atoms with Crippen LogP contribution in [0.5, 0.6) is 5.75 Å². The van der Waals surface area contributed by atoms with E-state index in [1.807, 2.05) is 6.07 Å². The Morgan fingerprint density at radius 1 is 1.10 bits per heavy atom. The maximum atomic E-state index is 12.3. The van der Waals surface area contributed by atoms with Gasteiger partial charge >= 0.3 is 0 Å². The highest BCUT2D eigenvalue weighted by atomic mass is 16.3. The number of fused-ring (bicyclic) bond motifs is 1. The average molecular weight is 267 g/mol. The van der Waals surface area contributed by atoms with Gasteiger partial charge in [0.05, 0.1) is 11.1 Å². The number of nitroso groups, excluding NO2 is 1. The molecule has 20 heavy (non-hydrogen) atoms. The number of nitrogens with zero attached hydrogens (tertiary/aromatic N) is 3. The summed E-state index contributed by atoms with van der Waals surface area (Å²) in [5.41, 5.74) is -0.399. The molecule has 98 valence electrons. The van der Waals surface area contributed by atoms with Crippen molar-refractivity contribution in [3.63, 3.8) is 0 Å². The van der Waals surface area contributed by atoms with Crippen LogP contribution in [0.15, 0.2) is 58.6 Å². The van der Waals surface area contributed by atoms with Crippen molar-refractivity contribution in [2.75, 3.05) is 0 Å². The van der Waals surface area contributed by atoms with Crippen LogP contribution in [0.2, 0.25) is 0 Å². The maximum absolute atomic E-state index is 12.3. The highest BCUT2D eigenvalue weighted by Crippen LogP contribution is 2.31. The Morgan fingerprint density at radius 3 is 2.55 bits per heavy atom. The first kappa shape index (κ1) is 12.0. The van der Waals surface area contributed by atoms with Crippen LogP contribution in [0.1, 0.15) is 0 Å². The second-order valence-corrected chi connectivity index (χ2v) is 4.14. The molecule has 0 aliphatic heterocycles. The van der Waals surface area contributed by atoms with Gasteiger partial charge in [0.1, 0.15) is 0 Å². The van der Waals surface area contributed by atoms with Gasteiger partial charge in [-0.25, -0.2) is 4.98 Å². The molecule has 0 unspecified atom stereocenters. The Kier molecular flexibility index (Phi) is 2.76. The molecule has 2 heterocycles. The van der Waals surface area contributed by atoms with Crippen LogP contribution in [0.3, 0.4) is 0 Å². The van der Waals surface area contributed by atoms with Gasteiger partial charge in [-0.3, -0.25) is 9.36 Å². The molecule has 0 atom stereocenters. The quantitative estimate of drug-likeness (QED) is 0.723. The first-order chi connectivity index (χ1) is 9.74. The topological polar surface area (TPSA) is 84.5 Å². The molecule has 0 amide bonds.